The lowest BCUT2D eigenvalue weighted by atomic mass is 10.0. The van der Waals surface area contributed by atoms with Crippen molar-refractivity contribution in [3.05, 3.63) is 65.4 Å². The molecule has 8 heteroatoms. The molecule has 38 heavy (non-hydrogen) atoms. The number of aromatic nitrogens is 2. The Morgan fingerprint density at radius 2 is 1.92 bits per heavy atom. The summed E-state index contributed by atoms with van der Waals surface area (Å²) in [4.78, 5) is 23.0. The highest BCUT2D eigenvalue weighted by molar-refractivity contribution is 6.01. The quantitative estimate of drug-likeness (QED) is 0.436. The lowest BCUT2D eigenvalue weighted by molar-refractivity contribution is 0.0951. The first kappa shape index (κ1) is 25.4. The van der Waals surface area contributed by atoms with E-state index in [4.69, 9.17) is 10.7 Å². The lowest BCUT2D eigenvalue weighted by Crippen LogP contribution is -2.44. The molecule has 1 fully saturated rings. The van der Waals surface area contributed by atoms with Crippen molar-refractivity contribution in [1.29, 1.82) is 0 Å². The summed E-state index contributed by atoms with van der Waals surface area (Å²) in [5.41, 5.74) is 12.2. The molecule has 2 aromatic carbocycles. The largest absolute Gasteiger partial charge is 0.371 e. The van der Waals surface area contributed by atoms with E-state index in [-0.39, 0.29) is 11.9 Å². The van der Waals surface area contributed by atoms with E-state index in [1.54, 1.807) is 14.0 Å². The van der Waals surface area contributed by atoms with Gasteiger partial charge in [0.05, 0.1) is 6.54 Å². The molecule has 1 saturated heterocycles. The van der Waals surface area contributed by atoms with Gasteiger partial charge in [0.25, 0.3) is 5.91 Å². The smallest absolute Gasteiger partial charge is 0.272 e. The Morgan fingerprint density at radius 1 is 1.16 bits per heavy atom. The van der Waals surface area contributed by atoms with Gasteiger partial charge in [-0.05, 0) is 49.1 Å². The number of hydrogen-bond acceptors (Lipinski definition) is 6. The van der Waals surface area contributed by atoms with Gasteiger partial charge in [-0.3, -0.25) is 9.36 Å². The molecule has 0 bridgehead atoms. The van der Waals surface area contributed by atoms with Crippen molar-refractivity contribution in [3.8, 4) is 11.8 Å². The zero-order chi connectivity index (χ0) is 26.6. The molecule has 4 N–H and O–H groups in total. The van der Waals surface area contributed by atoms with Crippen LogP contribution in [0.15, 0.2) is 48.5 Å². The molecule has 1 unspecified atom stereocenters. The lowest BCUT2D eigenvalue weighted by Gasteiger charge is -2.31. The van der Waals surface area contributed by atoms with E-state index in [1.165, 1.54) is 0 Å². The molecule has 2 aliphatic rings. The van der Waals surface area contributed by atoms with Crippen LogP contribution in [-0.4, -0.2) is 55.2 Å². The zero-order valence-corrected chi connectivity index (χ0v) is 22.3. The van der Waals surface area contributed by atoms with Crippen molar-refractivity contribution in [1.82, 2.24) is 14.9 Å². The van der Waals surface area contributed by atoms with Crippen LogP contribution in [0.1, 0.15) is 41.4 Å². The second-order valence-electron chi connectivity index (χ2n) is 9.71. The number of piperidine rings is 1. The molecule has 0 radical (unpaired) electrons. The number of amides is 1. The summed E-state index contributed by atoms with van der Waals surface area (Å²) < 4.78 is 1.91. The molecule has 2 aliphatic heterocycles. The molecule has 3 aromatic rings. The standard InChI is InChI=1S/C30H35N7O/c1-4-5-17-37-27(28(32-2)34-30(37)36-16-10-12-23(31)20-36)29(38)33-19-22-18-21-11-6-8-14-25(21)35(3)26-15-9-7-13-24(22)26/h6-9,11,13-15,18,23,32H,10,12,16-17,19-20,31H2,1-3H3,(H,33,38). The van der Waals surface area contributed by atoms with Gasteiger partial charge in [-0.25, -0.2) is 0 Å². The normalized spacial score (nSPS) is 16.4. The van der Waals surface area contributed by atoms with Crippen molar-refractivity contribution in [3.63, 3.8) is 0 Å². The Labute approximate surface area is 224 Å². The maximum atomic E-state index is 13.8. The first-order chi connectivity index (χ1) is 18.5. The highest BCUT2D eigenvalue weighted by atomic mass is 16.2. The predicted octanol–water partition coefficient (Wildman–Crippen LogP) is 3.93. The molecule has 1 amide bonds. The van der Waals surface area contributed by atoms with E-state index in [0.29, 0.717) is 31.1 Å². The Hall–Kier alpha value is -4.22. The van der Waals surface area contributed by atoms with Gasteiger partial charge in [-0.2, -0.15) is 4.98 Å². The maximum Gasteiger partial charge on any atom is 0.272 e. The van der Waals surface area contributed by atoms with E-state index in [0.717, 1.165) is 53.4 Å². The molecule has 1 atom stereocenters. The number of para-hydroxylation sites is 2. The Bertz CT molecular complexity index is 1430. The Morgan fingerprint density at radius 3 is 2.68 bits per heavy atom. The van der Waals surface area contributed by atoms with E-state index in [1.807, 2.05) is 28.8 Å². The number of nitrogens with two attached hydrogens (primary N) is 1. The van der Waals surface area contributed by atoms with Gasteiger partial charge < -0.3 is 26.2 Å². The molecular weight excluding hydrogens is 474 g/mol. The molecule has 0 aliphatic carbocycles. The van der Waals surface area contributed by atoms with Crippen molar-refractivity contribution in [2.24, 2.45) is 5.73 Å². The molecule has 1 aromatic heterocycles. The molecule has 0 saturated carbocycles. The maximum absolute atomic E-state index is 13.8. The minimum Gasteiger partial charge on any atom is -0.371 e. The van der Waals surface area contributed by atoms with Gasteiger partial charge in [0, 0.05) is 56.7 Å². The third-order valence-corrected chi connectivity index (χ3v) is 7.23. The summed E-state index contributed by atoms with van der Waals surface area (Å²) in [7, 11) is 3.87. The van der Waals surface area contributed by atoms with Crippen LogP contribution in [0, 0.1) is 11.8 Å². The summed E-state index contributed by atoms with van der Waals surface area (Å²) in [6.07, 6.45) is 4.15. The van der Waals surface area contributed by atoms with Crippen molar-refractivity contribution in [2.75, 3.05) is 48.8 Å². The molecule has 3 heterocycles. The van der Waals surface area contributed by atoms with Crippen LogP contribution in [0.5, 0.6) is 0 Å². The monoisotopic (exact) mass is 509 g/mol. The number of imidazole rings is 1. The minimum atomic E-state index is -0.198. The van der Waals surface area contributed by atoms with E-state index in [9.17, 15) is 4.79 Å². The van der Waals surface area contributed by atoms with Crippen molar-refractivity contribution < 1.29 is 4.79 Å². The minimum absolute atomic E-state index is 0.0877. The van der Waals surface area contributed by atoms with E-state index >= 15 is 0 Å². The molecule has 8 nitrogen and oxygen atoms in total. The number of nitrogens with one attached hydrogen (secondary N) is 2. The van der Waals surface area contributed by atoms with Crippen LogP contribution >= 0.6 is 0 Å². The van der Waals surface area contributed by atoms with Gasteiger partial charge in [-0.15, -0.1) is 5.92 Å². The number of fused-ring (bicyclic) bond motifs is 2. The zero-order valence-electron chi connectivity index (χ0n) is 22.3. The average molecular weight is 510 g/mol. The third kappa shape index (κ3) is 4.85. The summed E-state index contributed by atoms with van der Waals surface area (Å²) in [5, 5.41) is 6.31. The van der Waals surface area contributed by atoms with Crippen molar-refractivity contribution in [2.45, 2.75) is 32.4 Å². The van der Waals surface area contributed by atoms with E-state index in [2.05, 4.69) is 69.7 Å². The van der Waals surface area contributed by atoms with Crippen LogP contribution in [-0.2, 0) is 6.54 Å². The summed E-state index contributed by atoms with van der Waals surface area (Å²) in [6, 6.07) is 16.7. The number of rotatable bonds is 6. The predicted molar refractivity (Wildman–Crippen MR) is 156 cm³/mol. The number of anilines is 4. The van der Waals surface area contributed by atoms with Crippen LogP contribution in [0.3, 0.4) is 0 Å². The molecule has 5 rings (SSSR count). The average Bonchev–Trinajstić information content (AvgIpc) is 3.27. The van der Waals surface area contributed by atoms with Gasteiger partial charge in [0.2, 0.25) is 5.95 Å². The number of nitrogens with zero attached hydrogens (tertiary/aromatic N) is 4. The number of carbonyl (C=O) groups excluding carboxylic acids is 1. The van der Waals surface area contributed by atoms with Crippen LogP contribution in [0.2, 0.25) is 0 Å². The summed E-state index contributed by atoms with van der Waals surface area (Å²) in [5.74, 6) is 7.14. The van der Waals surface area contributed by atoms with Crippen LogP contribution in [0.4, 0.5) is 23.1 Å². The number of carbonyl (C=O) groups is 1. The second kappa shape index (κ2) is 11.0. The summed E-state index contributed by atoms with van der Waals surface area (Å²) in [6.45, 7) is 4.11. The van der Waals surface area contributed by atoms with Gasteiger partial charge in [0.1, 0.15) is 0 Å². The Kier molecular flexibility index (Phi) is 7.38. The third-order valence-electron chi connectivity index (χ3n) is 7.23. The fraction of sp³-hybridized carbons (Fsp3) is 0.333. The second-order valence-corrected chi connectivity index (χ2v) is 9.71. The first-order valence-electron chi connectivity index (χ1n) is 13.1. The number of hydrogen-bond donors (Lipinski definition) is 3. The van der Waals surface area contributed by atoms with E-state index < -0.39 is 0 Å². The SMILES string of the molecule is CC#CCn1c(N2CCCC(N)C2)nc(NC)c1C(=O)NCC1=Cc2ccccc2N(C)c2ccccc21. The van der Waals surface area contributed by atoms with Gasteiger partial charge in [0.15, 0.2) is 11.5 Å². The molecule has 0 spiro atoms. The number of benzene rings is 2. The highest BCUT2D eigenvalue weighted by Crippen LogP contribution is 2.38. The molecule has 196 valence electrons. The fourth-order valence-corrected chi connectivity index (χ4v) is 5.34. The van der Waals surface area contributed by atoms with Gasteiger partial charge >= 0.3 is 0 Å². The Balaban J connectivity index is 1.48. The highest BCUT2D eigenvalue weighted by Gasteiger charge is 2.28. The fourth-order valence-electron chi connectivity index (χ4n) is 5.34. The van der Waals surface area contributed by atoms with Crippen LogP contribution in [0.25, 0.3) is 11.6 Å². The molecular formula is C30H35N7O. The van der Waals surface area contributed by atoms with Gasteiger partial charge in [-0.1, -0.05) is 42.3 Å². The van der Waals surface area contributed by atoms with Crippen molar-refractivity contribution >= 4 is 40.7 Å². The topological polar surface area (TPSA) is 91.5 Å². The first-order valence-corrected chi connectivity index (χ1v) is 13.1. The summed E-state index contributed by atoms with van der Waals surface area (Å²) >= 11 is 0. The van der Waals surface area contributed by atoms with Crippen LogP contribution < -0.4 is 26.2 Å².